The molecule has 2 N–H and O–H groups in total. The van der Waals surface area contributed by atoms with Crippen LogP contribution in [0.3, 0.4) is 0 Å². The summed E-state index contributed by atoms with van der Waals surface area (Å²) in [5.74, 6) is 0.728. The lowest BCUT2D eigenvalue weighted by Crippen LogP contribution is -2.54. The molecule has 0 unspecified atom stereocenters. The van der Waals surface area contributed by atoms with Gasteiger partial charge in [-0.1, -0.05) is 30.3 Å². The van der Waals surface area contributed by atoms with E-state index in [4.69, 9.17) is 4.74 Å². The number of methoxy groups -OCH3 is 1. The van der Waals surface area contributed by atoms with Crippen LogP contribution in [0.5, 0.6) is 5.75 Å². The molecular formula is C23H27N3O3S2. The second kappa shape index (κ2) is 8.90. The third-order valence-corrected chi connectivity index (χ3v) is 8.24. The topological polar surface area (TPSA) is 70.7 Å². The van der Waals surface area contributed by atoms with Crippen LogP contribution < -0.4 is 19.7 Å². The SMILES string of the molecule is COc1ccc(NS(=O)(=O)c2ccc(-c3ccccc3)s2)cc1N1C[C@@H](C)N[C@@H](C)C1. The molecule has 2 atom stereocenters. The first-order chi connectivity index (χ1) is 14.9. The molecule has 0 spiro atoms. The van der Waals surface area contributed by atoms with Gasteiger partial charge in [-0.2, -0.15) is 0 Å². The molecule has 0 amide bonds. The van der Waals surface area contributed by atoms with Crippen molar-refractivity contribution in [2.75, 3.05) is 29.8 Å². The molecule has 4 rings (SSSR count). The van der Waals surface area contributed by atoms with Crippen molar-refractivity contribution in [1.82, 2.24) is 5.32 Å². The van der Waals surface area contributed by atoms with Gasteiger partial charge < -0.3 is 15.0 Å². The number of sulfonamides is 1. The lowest BCUT2D eigenvalue weighted by Gasteiger charge is -2.38. The summed E-state index contributed by atoms with van der Waals surface area (Å²) >= 11 is 1.26. The highest BCUT2D eigenvalue weighted by atomic mass is 32.2. The fraction of sp³-hybridized carbons (Fsp3) is 0.304. The molecule has 1 saturated heterocycles. The number of thiophene rings is 1. The van der Waals surface area contributed by atoms with Gasteiger partial charge in [-0.3, -0.25) is 4.72 Å². The Hall–Kier alpha value is -2.55. The molecule has 1 aliphatic rings. The smallest absolute Gasteiger partial charge is 0.271 e. The molecule has 3 aromatic rings. The highest BCUT2D eigenvalue weighted by molar-refractivity contribution is 7.94. The van der Waals surface area contributed by atoms with Crippen LogP contribution in [0, 0.1) is 0 Å². The molecular weight excluding hydrogens is 430 g/mol. The molecule has 6 nitrogen and oxygen atoms in total. The first-order valence-corrected chi connectivity index (χ1v) is 12.5. The van der Waals surface area contributed by atoms with Gasteiger partial charge in [0.1, 0.15) is 9.96 Å². The minimum absolute atomic E-state index is 0.285. The number of hydrogen-bond acceptors (Lipinski definition) is 6. The number of ether oxygens (including phenoxy) is 1. The van der Waals surface area contributed by atoms with Crippen molar-refractivity contribution in [2.45, 2.75) is 30.1 Å². The van der Waals surface area contributed by atoms with E-state index in [1.807, 2.05) is 48.5 Å². The predicted molar refractivity (Wildman–Crippen MR) is 128 cm³/mol. The monoisotopic (exact) mass is 457 g/mol. The molecule has 2 heterocycles. The molecule has 8 heteroatoms. The first kappa shape index (κ1) is 21.7. The summed E-state index contributed by atoms with van der Waals surface area (Å²) in [6, 6.07) is 19.3. The zero-order valence-electron chi connectivity index (χ0n) is 17.8. The van der Waals surface area contributed by atoms with Crippen LogP contribution in [-0.2, 0) is 10.0 Å². The molecule has 1 aliphatic heterocycles. The van der Waals surface area contributed by atoms with Crippen LogP contribution in [0.2, 0.25) is 0 Å². The Balaban J connectivity index is 1.59. The zero-order chi connectivity index (χ0) is 22.0. The number of anilines is 2. The Morgan fingerprint density at radius 2 is 1.74 bits per heavy atom. The van der Waals surface area contributed by atoms with Gasteiger partial charge in [0.15, 0.2) is 0 Å². The van der Waals surface area contributed by atoms with E-state index >= 15 is 0 Å². The lowest BCUT2D eigenvalue weighted by molar-refractivity contribution is 0.391. The maximum absolute atomic E-state index is 13.0. The Kier molecular flexibility index (Phi) is 6.22. The Bertz CT molecular complexity index is 1140. The third-order valence-electron chi connectivity index (χ3n) is 5.23. The Labute approximate surface area is 187 Å². The number of benzene rings is 2. The molecule has 0 radical (unpaired) electrons. The summed E-state index contributed by atoms with van der Waals surface area (Å²) < 4.78 is 34.7. The Morgan fingerprint density at radius 3 is 2.42 bits per heavy atom. The summed E-state index contributed by atoms with van der Waals surface area (Å²) in [5.41, 5.74) is 2.41. The second-order valence-electron chi connectivity index (χ2n) is 7.85. The predicted octanol–water partition coefficient (Wildman–Crippen LogP) is 4.41. The normalized spacial score (nSPS) is 19.3. The van der Waals surface area contributed by atoms with Crippen molar-refractivity contribution in [3.8, 4) is 16.2 Å². The van der Waals surface area contributed by atoms with Gasteiger partial charge in [-0.25, -0.2) is 8.42 Å². The summed E-state index contributed by atoms with van der Waals surface area (Å²) in [6.45, 7) is 5.93. The molecule has 2 aromatic carbocycles. The number of nitrogens with one attached hydrogen (secondary N) is 2. The zero-order valence-corrected chi connectivity index (χ0v) is 19.5. The van der Waals surface area contributed by atoms with Gasteiger partial charge in [-0.15, -0.1) is 11.3 Å². The van der Waals surface area contributed by atoms with Gasteiger partial charge >= 0.3 is 0 Å². The van der Waals surface area contributed by atoms with Crippen LogP contribution in [0.25, 0.3) is 10.4 Å². The molecule has 1 aromatic heterocycles. The quantitative estimate of drug-likeness (QED) is 0.574. The molecule has 0 aliphatic carbocycles. The average Bonchev–Trinajstić information content (AvgIpc) is 3.25. The van der Waals surface area contributed by atoms with Crippen LogP contribution in [0.4, 0.5) is 11.4 Å². The summed E-state index contributed by atoms with van der Waals surface area (Å²) in [7, 11) is -2.06. The van der Waals surface area contributed by atoms with Crippen LogP contribution in [-0.4, -0.2) is 40.7 Å². The standard InChI is InChI=1S/C23H27N3O3S2/c1-16-14-26(15-17(2)24-16)20-13-19(9-10-21(20)29-3)25-31(27,28)23-12-11-22(30-23)18-7-5-4-6-8-18/h4-13,16-17,24-25H,14-15H2,1-3H3/t16-,17+. The van der Waals surface area contributed by atoms with Crippen molar-refractivity contribution >= 4 is 32.7 Å². The van der Waals surface area contributed by atoms with E-state index in [2.05, 4.69) is 28.8 Å². The largest absolute Gasteiger partial charge is 0.495 e. The molecule has 164 valence electrons. The first-order valence-electron chi connectivity index (χ1n) is 10.2. The summed E-state index contributed by atoms with van der Waals surface area (Å²) in [6.07, 6.45) is 0. The third kappa shape index (κ3) is 4.87. The highest BCUT2D eigenvalue weighted by Crippen LogP contribution is 2.35. The van der Waals surface area contributed by atoms with E-state index < -0.39 is 10.0 Å². The van der Waals surface area contributed by atoms with E-state index in [0.29, 0.717) is 17.8 Å². The summed E-state index contributed by atoms with van der Waals surface area (Å²) in [4.78, 5) is 3.15. The van der Waals surface area contributed by atoms with Gasteiger partial charge in [0.25, 0.3) is 10.0 Å². The van der Waals surface area contributed by atoms with E-state index in [1.165, 1.54) is 11.3 Å². The minimum Gasteiger partial charge on any atom is -0.495 e. The van der Waals surface area contributed by atoms with E-state index in [0.717, 1.165) is 35.0 Å². The maximum atomic E-state index is 13.0. The van der Waals surface area contributed by atoms with Gasteiger partial charge in [-0.05, 0) is 49.7 Å². The van der Waals surface area contributed by atoms with E-state index in [1.54, 1.807) is 19.2 Å². The van der Waals surface area contributed by atoms with Gasteiger partial charge in [0, 0.05) is 30.1 Å². The van der Waals surface area contributed by atoms with Crippen molar-refractivity contribution in [3.63, 3.8) is 0 Å². The number of hydrogen-bond donors (Lipinski definition) is 2. The number of piperazine rings is 1. The van der Waals surface area contributed by atoms with Crippen molar-refractivity contribution in [1.29, 1.82) is 0 Å². The van der Waals surface area contributed by atoms with Gasteiger partial charge in [0.05, 0.1) is 18.5 Å². The maximum Gasteiger partial charge on any atom is 0.271 e. The second-order valence-corrected chi connectivity index (χ2v) is 10.8. The molecule has 0 saturated carbocycles. The van der Waals surface area contributed by atoms with E-state index in [9.17, 15) is 8.42 Å². The molecule has 1 fully saturated rings. The Morgan fingerprint density at radius 1 is 1.03 bits per heavy atom. The van der Waals surface area contributed by atoms with Crippen molar-refractivity contribution in [2.24, 2.45) is 0 Å². The van der Waals surface area contributed by atoms with E-state index in [-0.39, 0.29) is 4.21 Å². The van der Waals surface area contributed by atoms with Crippen LogP contribution in [0.1, 0.15) is 13.8 Å². The van der Waals surface area contributed by atoms with Crippen LogP contribution >= 0.6 is 11.3 Å². The fourth-order valence-corrected chi connectivity index (χ4v) is 6.31. The van der Waals surface area contributed by atoms with Gasteiger partial charge in [0.2, 0.25) is 0 Å². The number of nitrogens with zero attached hydrogens (tertiary/aromatic N) is 1. The lowest BCUT2D eigenvalue weighted by atomic mass is 10.1. The summed E-state index contributed by atoms with van der Waals surface area (Å²) in [5, 5.41) is 3.51. The number of rotatable bonds is 6. The average molecular weight is 458 g/mol. The highest BCUT2D eigenvalue weighted by Gasteiger charge is 2.24. The fourth-order valence-electron chi connectivity index (χ4n) is 3.95. The van der Waals surface area contributed by atoms with Crippen LogP contribution in [0.15, 0.2) is 64.9 Å². The van der Waals surface area contributed by atoms with Crippen molar-refractivity contribution < 1.29 is 13.2 Å². The molecule has 31 heavy (non-hydrogen) atoms. The van der Waals surface area contributed by atoms with Crippen molar-refractivity contribution in [3.05, 3.63) is 60.7 Å². The molecule has 0 bridgehead atoms. The minimum atomic E-state index is -3.69.